The number of H-pyrrole nitrogens is 1. The topological polar surface area (TPSA) is 108 Å². The maximum atomic E-state index is 12.7. The summed E-state index contributed by atoms with van der Waals surface area (Å²) in [5.74, 6) is -0.106. The van der Waals surface area contributed by atoms with E-state index in [0.29, 0.717) is 18.2 Å². The molecule has 0 aliphatic rings. The molecular weight excluding hydrogens is 372 g/mol. The van der Waals surface area contributed by atoms with Crippen molar-refractivity contribution >= 4 is 12.0 Å². The van der Waals surface area contributed by atoms with Gasteiger partial charge in [-0.2, -0.15) is 0 Å². The van der Waals surface area contributed by atoms with E-state index < -0.39 is 18.0 Å². The summed E-state index contributed by atoms with van der Waals surface area (Å²) in [4.78, 5) is 33.8. The summed E-state index contributed by atoms with van der Waals surface area (Å²) >= 11 is 0. The van der Waals surface area contributed by atoms with Crippen LogP contribution in [0.2, 0.25) is 0 Å². The number of ether oxygens (including phenoxy) is 1. The van der Waals surface area contributed by atoms with Crippen LogP contribution in [-0.2, 0) is 22.6 Å². The lowest BCUT2D eigenvalue weighted by atomic mass is 10.1. The zero-order chi connectivity index (χ0) is 21.1. The molecule has 0 aliphatic carbocycles. The van der Waals surface area contributed by atoms with E-state index in [1.165, 1.54) is 11.2 Å². The fourth-order valence-electron chi connectivity index (χ4n) is 2.73. The number of esters is 1. The number of nitrogens with one attached hydrogen (secondary N) is 2. The molecule has 158 valence electrons. The van der Waals surface area contributed by atoms with Gasteiger partial charge in [0.05, 0.1) is 12.9 Å². The highest BCUT2D eigenvalue weighted by molar-refractivity contribution is 5.83. The van der Waals surface area contributed by atoms with Crippen molar-refractivity contribution < 1.29 is 19.4 Å². The second-order valence-electron chi connectivity index (χ2n) is 7.27. The molecule has 0 bridgehead atoms. The van der Waals surface area contributed by atoms with Crippen molar-refractivity contribution in [3.63, 3.8) is 0 Å². The molecule has 0 fully saturated rings. The van der Waals surface area contributed by atoms with Crippen molar-refractivity contribution in [1.82, 2.24) is 20.2 Å². The molecule has 3 N–H and O–H groups in total. The second kappa shape index (κ2) is 11.9. The van der Waals surface area contributed by atoms with Crippen LogP contribution in [0.1, 0.15) is 31.5 Å². The van der Waals surface area contributed by atoms with Gasteiger partial charge in [-0.15, -0.1) is 0 Å². The van der Waals surface area contributed by atoms with Crippen LogP contribution in [0, 0.1) is 5.92 Å². The predicted molar refractivity (Wildman–Crippen MR) is 109 cm³/mol. The minimum atomic E-state index is -0.869. The van der Waals surface area contributed by atoms with Gasteiger partial charge >= 0.3 is 12.0 Å². The first kappa shape index (κ1) is 22.4. The van der Waals surface area contributed by atoms with Crippen LogP contribution in [-0.4, -0.2) is 57.7 Å². The van der Waals surface area contributed by atoms with E-state index in [1.54, 1.807) is 6.20 Å². The molecule has 2 aromatic rings. The molecule has 29 heavy (non-hydrogen) atoms. The van der Waals surface area contributed by atoms with Gasteiger partial charge in [0, 0.05) is 31.4 Å². The van der Waals surface area contributed by atoms with E-state index >= 15 is 0 Å². The Labute approximate surface area is 171 Å². The number of hydrogen-bond donors (Lipinski definition) is 3. The van der Waals surface area contributed by atoms with E-state index in [9.17, 15) is 14.7 Å². The lowest BCUT2D eigenvalue weighted by molar-refractivity contribution is -0.147. The predicted octanol–water partition coefficient (Wildman–Crippen LogP) is 2.11. The van der Waals surface area contributed by atoms with Gasteiger partial charge in [0.25, 0.3) is 0 Å². The number of urea groups is 1. The third-order valence-corrected chi connectivity index (χ3v) is 4.42. The number of aliphatic hydroxyl groups is 1. The Morgan fingerprint density at radius 3 is 2.62 bits per heavy atom. The largest absolute Gasteiger partial charge is 0.459 e. The van der Waals surface area contributed by atoms with Gasteiger partial charge in [-0.3, -0.25) is 0 Å². The Balaban J connectivity index is 2.03. The zero-order valence-electron chi connectivity index (χ0n) is 17.0. The van der Waals surface area contributed by atoms with Crippen LogP contribution in [0.4, 0.5) is 4.79 Å². The first-order valence-corrected chi connectivity index (χ1v) is 9.83. The number of aliphatic hydroxyl groups excluding tert-OH is 1. The van der Waals surface area contributed by atoms with E-state index in [2.05, 4.69) is 29.1 Å². The average molecular weight is 402 g/mol. The highest BCUT2D eigenvalue weighted by Crippen LogP contribution is 2.07. The quantitative estimate of drug-likeness (QED) is 0.499. The van der Waals surface area contributed by atoms with Gasteiger partial charge in [-0.05, 0) is 17.9 Å². The molecule has 1 aromatic heterocycles. The Morgan fingerprint density at radius 2 is 2.00 bits per heavy atom. The molecular formula is C21H30N4O4. The van der Waals surface area contributed by atoms with Crippen LogP contribution in [0.25, 0.3) is 0 Å². The zero-order valence-corrected chi connectivity index (χ0v) is 17.0. The molecule has 0 spiro atoms. The van der Waals surface area contributed by atoms with E-state index in [4.69, 9.17) is 4.74 Å². The number of carbonyl (C=O) groups excluding carboxylic acids is 2. The summed E-state index contributed by atoms with van der Waals surface area (Å²) in [6.07, 6.45) is 4.16. The number of nitrogens with zero attached hydrogens (tertiary/aromatic N) is 2. The van der Waals surface area contributed by atoms with E-state index in [-0.39, 0.29) is 26.2 Å². The molecule has 0 aliphatic heterocycles. The van der Waals surface area contributed by atoms with Crippen molar-refractivity contribution in [2.75, 3.05) is 19.7 Å². The lowest BCUT2D eigenvalue weighted by Gasteiger charge is -2.26. The molecule has 2 amide bonds. The molecule has 0 saturated heterocycles. The third kappa shape index (κ3) is 7.95. The van der Waals surface area contributed by atoms with Gasteiger partial charge in [0.2, 0.25) is 0 Å². The smallest absolute Gasteiger partial charge is 0.329 e. The van der Waals surface area contributed by atoms with Crippen LogP contribution in [0.5, 0.6) is 0 Å². The highest BCUT2D eigenvalue weighted by atomic mass is 16.5. The first-order valence-electron chi connectivity index (χ1n) is 9.83. The Bertz CT molecular complexity index is 734. The molecule has 1 aromatic carbocycles. The molecule has 8 nitrogen and oxygen atoms in total. The normalized spacial score (nSPS) is 11.9. The van der Waals surface area contributed by atoms with Crippen LogP contribution >= 0.6 is 0 Å². The molecule has 0 saturated carbocycles. The minimum Gasteiger partial charge on any atom is -0.459 e. The highest BCUT2D eigenvalue weighted by Gasteiger charge is 2.26. The first-order chi connectivity index (χ1) is 14.0. The number of aromatic amines is 1. The summed E-state index contributed by atoms with van der Waals surface area (Å²) in [6.45, 7) is 4.82. The third-order valence-electron chi connectivity index (χ3n) is 4.42. The SMILES string of the molecule is CC(C)CCN(CCO)C(=O)N[C@@H](Cc1cnc[nH]1)C(=O)OCc1ccccc1. The number of aromatic nitrogens is 2. The second-order valence-corrected chi connectivity index (χ2v) is 7.27. The number of benzene rings is 1. The minimum absolute atomic E-state index is 0.128. The van der Waals surface area contributed by atoms with Crippen molar-refractivity contribution in [2.45, 2.75) is 39.3 Å². The van der Waals surface area contributed by atoms with Gasteiger partial charge in [0.15, 0.2) is 0 Å². The fourth-order valence-corrected chi connectivity index (χ4v) is 2.73. The summed E-state index contributed by atoms with van der Waals surface area (Å²) in [7, 11) is 0. The van der Waals surface area contributed by atoms with Crippen molar-refractivity contribution in [2.24, 2.45) is 5.92 Å². The Hall–Kier alpha value is -2.87. The van der Waals surface area contributed by atoms with E-state index in [1.807, 2.05) is 30.3 Å². The van der Waals surface area contributed by atoms with Crippen LogP contribution < -0.4 is 5.32 Å². The van der Waals surface area contributed by atoms with Crippen LogP contribution in [0.15, 0.2) is 42.9 Å². The van der Waals surface area contributed by atoms with Gasteiger partial charge in [0.1, 0.15) is 12.6 Å². The van der Waals surface area contributed by atoms with E-state index in [0.717, 1.165) is 12.0 Å². The lowest BCUT2D eigenvalue weighted by Crippen LogP contribution is -2.50. The summed E-state index contributed by atoms with van der Waals surface area (Å²) < 4.78 is 5.42. The fraction of sp³-hybridized carbons (Fsp3) is 0.476. The molecule has 0 radical (unpaired) electrons. The number of rotatable bonds is 11. The Morgan fingerprint density at radius 1 is 1.24 bits per heavy atom. The van der Waals surface area contributed by atoms with Crippen molar-refractivity contribution in [1.29, 1.82) is 0 Å². The number of carbonyl (C=O) groups is 2. The molecule has 2 rings (SSSR count). The van der Waals surface area contributed by atoms with Gasteiger partial charge < -0.3 is 25.0 Å². The van der Waals surface area contributed by atoms with Crippen molar-refractivity contribution in [3.8, 4) is 0 Å². The standard InChI is InChI=1S/C21H30N4O4/c1-16(2)8-9-25(10-11-26)21(28)24-19(12-18-13-22-15-23-18)20(27)29-14-17-6-4-3-5-7-17/h3-7,13,15-16,19,26H,8-12,14H2,1-2H3,(H,22,23)(H,24,28)/t19-/m0/s1. The molecule has 1 heterocycles. The summed E-state index contributed by atoms with van der Waals surface area (Å²) in [5.41, 5.74) is 1.58. The van der Waals surface area contributed by atoms with Gasteiger partial charge in [-0.25, -0.2) is 14.6 Å². The molecule has 1 atom stereocenters. The van der Waals surface area contributed by atoms with Crippen molar-refractivity contribution in [3.05, 3.63) is 54.1 Å². The Kier molecular flexibility index (Phi) is 9.17. The average Bonchev–Trinajstić information content (AvgIpc) is 3.22. The van der Waals surface area contributed by atoms with Crippen LogP contribution in [0.3, 0.4) is 0 Å². The summed E-state index contributed by atoms with van der Waals surface area (Å²) in [6, 6.07) is 8.09. The molecule has 8 heteroatoms. The van der Waals surface area contributed by atoms with Gasteiger partial charge in [-0.1, -0.05) is 44.2 Å². The number of amides is 2. The maximum absolute atomic E-state index is 12.7. The number of imidazole rings is 1. The molecule has 0 unspecified atom stereocenters. The number of hydrogen-bond acceptors (Lipinski definition) is 5. The monoisotopic (exact) mass is 402 g/mol. The summed E-state index contributed by atoms with van der Waals surface area (Å²) in [5, 5.41) is 12.0. The maximum Gasteiger partial charge on any atom is 0.329 e.